The quantitative estimate of drug-likeness (QED) is 0.236. The molecule has 1 atom stereocenters. The van der Waals surface area contributed by atoms with Gasteiger partial charge in [-0.2, -0.15) is 0 Å². The van der Waals surface area contributed by atoms with Gasteiger partial charge in [-0.25, -0.2) is 10.4 Å². The fourth-order valence-electron chi connectivity index (χ4n) is 3.90. The first-order chi connectivity index (χ1) is 18.6. The van der Waals surface area contributed by atoms with E-state index in [-0.39, 0.29) is 19.1 Å². The van der Waals surface area contributed by atoms with Gasteiger partial charge in [-0.05, 0) is 47.5 Å². The minimum absolute atomic E-state index is 0.0839. The Morgan fingerprint density at radius 1 is 1.05 bits per heavy atom. The first-order valence-electron chi connectivity index (χ1n) is 12.6. The second kappa shape index (κ2) is 13.4. The zero-order valence-electron chi connectivity index (χ0n) is 21.4. The van der Waals surface area contributed by atoms with Crippen LogP contribution in [0.2, 0.25) is 0 Å². The van der Waals surface area contributed by atoms with Gasteiger partial charge in [-0.15, -0.1) is 0 Å². The SMILES string of the molecule is COc1ccc(CNNC(=O)[C@]2(C/C=C/c3ccccc3)COC(c3ccc(OCCCO)cc3)=N2)cc1. The average molecular weight is 516 g/mol. The second-order valence-electron chi connectivity index (χ2n) is 8.86. The predicted molar refractivity (Wildman–Crippen MR) is 147 cm³/mol. The molecule has 8 heteroatoms. The van der Waals surface area contributed by atoms with E-state index >= 15 is 0 Å². The molecule has 3 aromatic rings. The molecular formula is C30H33N3O5. The molecular weight excluding hydrogens is 482 g/mol. The Labute approximate surface area is 222 Å². The maximum Gasteiger partial charge on any atom is 0.266 e. The van der Waals surface area contributed by atoms with Crippen LogP contribution >= 0.6 is 0 Å². The van der Waals surface area contributed by atoms with Crippen molar-refractivity contribution in [3.8, 4) is 11.5 Å². The normalized spacial score (nSPS) is 16.6. The Morgan fingerprint density at radius 2 is 1.79 bits per heavy atom. The van der Waals surface area contributed by atoms with E-state index < -0.39 is 5.54 Å². The third-order valence-electron chi connectivity index (χ3n) is 6.08. The summed E-state index contributed by atoms with van der Waals surface area (Å²) in [6.45, 7) is 1.08. The Bertz CT molecular complexity index is 1230. The zero-order valence-corrected chi connectivity index (χ0v) is 21.4. The Hall–Kier alpha value is -4.14. The van der Waals surface area contributed by atoms with Crippen molar-refractivity contribution in [3.05, 3.63) is 102 Å². The van der Waals surface area contributed by atoms with Gasteiger partial charge in [0.2, 0.25) is 5.90 Å². The maximum absolute atomic E-state index is 13.4. The minimum Gasteiger partial charge on any atom is -0.497 e. The molecule has 0 spiro atoms. The standard InChI is InChI=1S/C30H33N3O5/c1-36-26-14-10-24(11-15-26)21-31-33-29(35)30(18-5-9-23-7-3-2-4-8-23)22-38-28(32-30)25-12-16-27(17-13-25)37-20-6-19-34/h2-5,7-17,31,34H,6,18-22H2,1H3,(H,33,35)/b9-5+/t30-/m0/s1. The zero-order chi connectivity index (χ0) is 26.6. The summed E-state index contributed by atoms with van der Waals surface area (Å²) in [5.41, 5.74) is 7.51. The summed E-state index contributed by atoms with van der Waals surface area (Å²) in [6.07, 6.45) is 4.86. The molecule has 0 aromatic heterocycles. The molecule has 38 heavy (non-hydrogen) atoms. The number of hydrogen-bond donors (Lipinski definition) is 3. The highest BCUT2D eigenvalue weighted by Crippen LogP contribution is 2.27. The minimum atomic E-state index is -1.12. The van der Waals surface area contributed by atoms with Crippen LogP contribution in [0.4, 0.5) is 0 Å². The number of nitrogens with one attached hydrogen (secondary N) is 2. The van der Waals surface area contributed by atoms with Crippen molar-refractivity contribution in [2.24, 2.45) is 4.99 Å². The van der Waals surface area contributed by atoms with Gasteiger partial charge in [0, 0.05) is 31.6 Å². The lowest BCUT2D eigenvalue weighted by Crippen LogP contribution is -2.51. The van der Waals surface area contributed by atoms with Crippen molar-refractivity contribution in [2.45, 2.75) is 24.9 Å². The van der Waals surface area contributed by atoms with Crippen LogP contribution in [-0.4, -0.2) is 49.4 Å². The summed E-state index contributed by atoms with van der Waals surface area (Å²) in [4.78, 5) is 18.2. The molecule has 198 valence electrons. The van der Waals surface area contributed by atoms with Gasteiger partial charge >= 0.3 is 0 Å². The van der Waals surface area contributed by atoms with Crippen LogP contribution in [0.5, 0.6) is 11.5 Å². The Kier molecular flexibility index (Phi) is 9.50. The monoisotopic (exact) mass is 515 g/mol. The number of carbonyl (C=O) groups excluding carboxylic acids is 1. The average Bonchev–Trinajstić information content (AvgIpc) is 3.40. The lowest BCUT2D eigenvalue weighted by Gasteiger charge is -2.22. The van der Waals surface area contributed by atoms with Gasteiger partial charge in [-0.3, -0.25) is 10.2 Å². The number of benzene rings is 3. The Morgan fingerprint density at radius 3 is 2.50 bits per heavy atom. The van der Waals surface area contributed by atoms with Gasteiger partial charge in [0.25, 0.3) is 5.91 Å². The summed E-state index contributed by atoms with van der Waals surface area (Å²) < 4.78 is 16.7. The lowest BCUT2D eigenvalue weighted by molar-refractivity contribution is -0.127. The van der Waals surface area contributed by atoms with E-state index in [4.69, 9.17) is 24.3 Å². The van der Waals surface area contributed by atoms with Crippen molar-refractivity contribution in [2.75, 3.05) is 26.9 Å². The van der Waals surface area contributed by atoms with Crippen molar-refractivity contribution >= 4 is 17.9 Å². The number of nitrogens with zero attached hydrogens (tertiary/aromatic N) is 1. The van der Waals surface area contributed by atoms with Gasteiger partial charge < -0.3 is 19.3 Å². The van der Waals surface area contributed by atoms with E-state index in [0.29, 0.717) is 37.6 Å². The number of aliphatic hydroxyl groups excluding tert-OH is 1. The fourth-order valence-corrected chi connectivity index (χ4v) is 3.90. The molecule has 0 radical (unpaired) electrons. The molecule has 0 aliphatic carbocycles. The summed E-state index contributed by atoms with van der Waals surface area (Å²) in [7, 11) is 1.62. The summed E-state index contributed by atoms with van der Waals surface area (Å²) in [6, 6.07) is 24.9. The molecule has 1 heterocycles. The predicted octanol–water partition coefficient (Wildman–Crippen LogP) is 3.90. The van der Waals surface area contributed by atoms with Crippen molar-refractivity contribution in [1.82, 2.24) is 10.9 Å². The highest BCUT2D eigenvalue weighted by Gasteiger charge is 2.43. The molecule has 0 saturated heterocycles. The largest absolute Gasteiger partial charge is 0.497 e. The second-order valence-corrected chi connectivity index (χ2v) is 8.86. The topological polar surface area (TPSA) is 101 Å². The van der Waals surface area contributed by atoms with Gasteiger partial charge in [0.05, 0.1) is 13.7 Å². The van der Waals surface area contributed by atoms with E-state index in [9.17, 15) is 4.79 Å². The highest BCUT2D eigenvalue weighted by atomic mass is 16.5. The Balaban J connectivity index is 1.46. The number of rotatable bonds is 13. The molecule has 1 aliphatic rings. The summed E-state index contributed by atoms with van der Waals surface area (Å²) >= 11 is 0. The van der Waals surface area contributed by atoms with Crippen LogP contribution in [0.25, 0.3) is 6.08 Å². The van der Waals surface area contributed by atoms with E-state index in [2.05, 4.69) is 10.9 Å². The van der Waals surface area contributed by atoms with E-state index in [1.807, 2.05) is 91.0 Å². The smallest absolute Gasteiger partial charge is 0.266 e. The number of aliphatic hydroxyl groups is 1. The van der Waals surface area contributed by atoms with Gasteiger partial charge in [0.15, 0.2) is 5.54 Å². The highest BCUT2D eigenvalue weighted by molar-refractivity contribution is 6.00. The maximum atomic E-state index is 13.4. The molecule has 1 amide bonds. The van der Waals surface area contributed by atoms with Gasteiger partial charge in [0.1, 0.15) is 18.1 Å². The van der Waals surface area contributed by atoms with E-state index in [1.54, 1.807) is 7.11 Å². The van der Waals surface area contributed by atoms with Crippen LogP contribution in [0, 0.1) is 0 Å². The van der Waals surface area contributed by atoms with Crippen LogP contribution < -0.4 is 20.3 Å². The van der Waals surface area contributed by atoms with Crippen LogP contribution in [0.15, 0.2) is 89.9 Å². The van der Waals surface area contributed by atoms with E-state index in [0.717, 1.165) is 22.4 Å². The molecule has 0 unspecified atom stereocenters. The van der Waals surface area contributed by atoms with E-state index in [1.165, 1.54) is 0 Å². The lowest BCUT2D eigenvalue weighted by atomic mass is 9.95. The fraction of sp³-hybridized carbons (Fsp3) is 0.267. The molecule has 0 saturated carbocycles. The number of amides is 1. The molecule has 0 fully saturated rings. The number of hydrogen-bond acceptors (Lipinski definition) is 7. The molecule has 3 aromatic carbocycles. The number of aliphatic imine (C=N–C) groups is 1. The number of carbonyl (C=O) groups is 1. The number of methoxy groups -OCH3 is 1. The first-order valence-corrected chi connectivity index (χ1v) is 12.6. The molecule has 3 N–H and O–H groups in total. The molecule has 1 aliphatic heterocycles. The summed E-state index contributed by atoms with van der Waals surface area (Å²) in [5.74, 6) is 1.60. The van der Waals surface area contributed by atoms with Crippen molar-refractivity contribution in [3.63, 3.8) is 0 Å². The number of hydrazine groups is 1. The van der Waals surface area contributed by atoms with Crippen LogP contribution in [0.1, 0.15) is 29.5 Å². The summed E-state index contributed by atoms with van der Waals surface area (Å²) in [5, 5.41) is 8.92. The molecule has 4 rings (SSSR count). The number of ether oxygens (including phenoxy) is 3. The molecule has 0 bridgehead atoms. The van der Waals surface area contributed by atoms with Crippen LogP contribution in [-0.2, 0) is 16.1 Å². The third kappa shape index (κ3) is 7.21. The van der Waals surface area contributed by atoms with Crippen molar-refractivity contribution in [1.29, 1.82) is 0 Å². The van der Waals surface area contributed by atoms with Gasteiger partial charge in [-0.1, -0.05) is 54.6 Å². The third-order valence-corrected chi connectivity index (χ3v) is 6.08. The molecule has 8 nitrogen and oxygen atoms in total. The first kappa shape index (κ1) is 26.9. The van der Waals surface area contributed by atoms with Crippen LogP contribution in [0.3, 0.4) is 0 Å². The van der Waals surface area contributed by atoms with Crippen molar-refractivity contribution < 1.29 is 24.1 Å².